The number of likely N-dealkylation sites (N-methyl/N-ethyl adjacent to an activating group) is 1. The van der Waals surface area contributed by atoms with Crippen molar-refractivity contribution in [2.45, 2.75) is 30.8 Å². The molecular weight excluding hydrogens is 560 g/mol. The van der Waals surface area contributed by atoms with Crippen molar-refractivity contribution in [3.63, 3.8) is 0 Å². The maximum absolute atomic E-state index is 14.8. The van der Waals surface area contributed by atoms with Gasteiger partial charge < -0.3 is 10.2 Å². The van der Waals surface area contributed by atoms with Crippen LogP contribution in [0.25, 0.3) is 0 Å². The number of amides is 2. The fourth-order valence-electron chi connectivity index (χ4n) is 4.51. The zero-order chi connectivity index (χ0) is 30.1. The first-order chi connectivity index (χ1) is 20.2. The van der Waals surface area contributed by atoms with Crippen LogP contribution >= 0.6 is 0 Å². The average molecular weight is 592 g/mol. The van der Waals surface area contributed by atoms with Gasteiger partial charge >= 0.3 is 0 Å². The van der Waals surface area contributed by atoms with Gasteiger partial charge in [-0.1, -0.05) is 66.7 Å². The van der Waals surface area contributed by atoms with E-state index in [1.165, 1.54) is 47.4 Å². The van der Waals surface area contributed by atoms with E-state index in [0.29, 0.717) is 0 Å². The van der Waals surface area contributed by atoms with Crippen LogP contribution in [-0.4, -0.2) is 44.3 Å². The number of carbonyl (C=O) groups is 2. The molecule has 0 aliphatic carbocycles. The summed E-state index contributed by atoms with van der Waals surface area (Å²) in [6.07, 6.45) is 0.106. The fourth-order valence-corrected chi connectivity index (χ4v) is 5.95. The topological polar surface area (TPSA) is 86.8 Å². The van der Waals surface area contributed by atoms with E-state index in [1.54, 1.807) is 43.3 Å². The highest BCUT2D eigenvalue weighted by Gasteiger charge is 2.34. The molecule has 0 aromatic heterocycles. The Morgan fingerprint density at radius 1 is 0.810 bits per heavy atom. The van der Waals surface area contributed by atoms with Crippen molar-refractivity contribution < 1.29 is 26.8 Å². The van der Waals surface area contributed by atoms with Crippen LogP contribution in [0.2, 0.25) is 0 Å². The van der Waals surface area contributed by atoms with Gasteiger partial charge in [-0.05, 0) is 55.0 Å². The molecule has 2 amide bonds. The number of benzene rings is 4. The van der Waals surface area contributed by atoms with E-state index in [2.05, 4.69) is 5.32 Å². The monoisotopic (exact) mass is 591 g/mol. The molecule has 4 aromatic rings. The number of hydrogen-bond acceptors (Lipinski definition) is 4. The highest BCUT2D eigenvalue weighted by atomic mass is 32.2. The van der Waals surface area contributed by atoms with Gasteiger partial charge in [0.1, 0.15) is 24.2 Å². The highest BCUT2D eigenvalue weighted by Crippen LogP contribution is 2.25. The van der Waals surface area contributed by atoms with Crippen LogP contribution in [0.15, 0.2) is 114 Å². The molecule has 0 saturated carbocycles. The molecule has 218 valence electrons. The van der Waals surface area contributed by atoms with Crippen LogP contribution in [-0.2, 0) is 32.6 Å². The predicted octanol–water partition coefficient (Wildman–Crippen LogP) is 4.94. The first kappa shape index (κ1) is 30.4. The predicted molar refractivity (Wildman–Crippen MR) is 157 cm³/mol. The van der Waals surface area contributed by atoms with Crippen molar-refractivity contribution >= 4 is 27.5 Å². The van der Waals surface area contributed by atoms with Crippen molar-refractivity contribution in [1.29, 1.82) is 0 Å². The molecule has 10 heteroatoms. The van der Waals surface area contributed by atoms with Crippen molar-refractivity contribution in [2.75, 3.05) is 17.4 Å². The van der Waals surface area contributed by atoms with E-state index >= 15 is 0 Å². The van der Waals surface area contributed by atoms with Gasteiger partial charge in [0.15, 0.2) is 0 Å². The van der Waals surface area contributed by atoms with Gasteiger partial charge in [-0.2, -0.15) is 0 Å². The Morgan fingerprint density at radius 2 is 1.40 bits per heavy atom. The molecule has 0 bridgehead atoms. The summed E-state index contributed by atoms with van der Waals surface area (Å²) >= 11 is 0. The number of halogens is 2. The lowest BCUT2D eigenvalue weighted by molar-refractivity contribution is -0.140. The average Bonchev–Trinajstić information content (AvgIpc) is 3.00. The first-order valence-corrected chi connectivity index (χ1v) is 14.8. The molecule has 1 N–H and O–H groups in total. The van der Waals surface area contributed by atoms with E-state index in [9.17, 15) is 26.8 Å². The SMILES string of the molecule is CCNC(=O)[C@@H](Cc1ccccc1)N(Cc1ccccc1F)C(=O)CN(c1ccc(F)cc1)S(=O)(=O)c1ccccc1. The molecule has 7 nitrogen and oxygen atoms in total. The van der Waals surface area contributed by atoms with Crippen LogP contribution in [0.5, 0.6) is 0 Å². The minimum absolute atomic E-state index is 0.0528. The Bertz CT molecular complexity index is 1600. The third-order valence-electron chi connectivity index (χ3n) is 6.65. The Balaban J connectivity index is 1.79. The fraction of sp³-hybridized carbons (Fsp3) is 0.188. The van der Waals surface area contributed by atoms with Crippen molar-refractivity contribution in [3.8, 4) is 0 Å². The molecule has 1 atom stereocenters. The number of sulfonamides is 1. The molecule has 0 heterocycles. The molecule has 0 aliphatic rings. The normalized spacial score (nSPS) is 11.9. The number of hydrogen-bond donors (Lipinski definition) is 1. The third kappa shape index (κ3) is 7.38. The van der Waals surface area contributed by atoms with E-state index in [0.717, 1.165) is 22.0 Å². The van der Waals surface area contributed by atoms with Crippen molar-refractivity contribution in [3.05, 3.63) is 132 Å². The van der Waals surface area contributed by atoms with Crippen LogP contribution in [0.4, 0.5) is 14.5 Å². The third-order valence-corrected chi connectivity index (χ3v) is 8.43. The molecule has 0 fully saturated rings. The van der Waals surface area contributed by atoms with Crippen LogP contribution < -0.4 is 9.62 Å². The first-order valence-electron chi connectivity index (χ1n) is 13.4. The Hall–Kier alpha value is -4.57. The second-order valence-electron chi connectivity index (χ2n) is 9.51. The molecule has 42 heavy (non-hydrogen) atoms. The van der Waals surface area contributed by atoms with Crippen LogP contribution in [0.1, 0.15) is 18.1 Å². The van der Waals surface area contributed by atoms with Gasteiger partial charge in [0.05, 0.1) is 10.6 Å². The minimum Gasteiger partial charge on any atom is -0.355 e. The van der Waals surface area contributed by atoms with E-state index in [1.807, 2.05) is 18.2 Å². The Labute approximate surface area is 244 Å². The maximum Gasteiger partial charge on any atom is 0.264 e. The minimum atomic E-state index is -4.30. The summed E-state index contributed by atoms with van der Waals surface area (Å²) < 4.78 is 57.1. The van der Waals surface area contributed by atoms with E-state index < -0.39 is 46.1 Å². The largest absolute Gasteiger partial charge is 0.355 e. The van der Waals surface area contributed by atoms with Gasteiger partial charge in [0, 0.05) is 25.1 Å². The molecule has 4 rings (SSSR count). The molecule has 0 unspecified atom stereocenters. The zero-order valence-corrected chi connectivity index (χ0v) is 23.8. The van der Waals surface area contributed by atoms with Gasteiger partial charge in [0.25, 0.3) is 10.0 Å². The van der Waals surface area contributed by atoms with Crippen molar-refractivity contribution in [1.82, 2.24) is 10.2 Å². The summed E-state index contributed by atoms with van der Waals surface area (Å²) in [6, 6.07) is 26.1. The quantitative estimate of drug-likeness (QED) is 0.253. The number of nitrogens with one attached hydrogen (secondary N) is 1. The van der Waals surface area contributed by atoms with Crippen LogP contribution in [0, 0.1) is 11.6 Å². The van der Waals surface area contributed by atoms with Gasteiger partial charge in [-0.25, -0.2) is 17.2 Å². The van der Waals surface area contributed by atoms with E-state index in [-0.39, 0.29) is 35.7 Å². The van der Waals surface area contributed by atoms with Crippen molar-refractivity contribution in [2.24, 2.45) is 0 Å². The summed E-state index contributed by atoms with van der Waals surface area (Å²) in [5, 5.41) is 2.75. The standard InChI is InChI=1S/C32H31F2N3O4S/c1-2-35-32(39)30(21-24-11-5-3-6-12-24)36(22-25-13-9-10-16-29(25)34)31(38)23-37(27-19-17-26(33)18-20-27)42(40,41)28-14-7-4-8-15-28/h3-20,30H,2,21-23H2,1H3,(H,35,39)/t30-/m1/s1. The summed E-state index contributed by atoms with van der Waals surface area (Å²) in [7, 11) is -4.30. The molecule has 0 spiro atoms. The molecule has 4 aromatic carbocycles. The summed E-state index contributed by atoms with van der Waals surface area (Å²) in [5.74, 6) is -2.36. The van der Waals surface area contributed by atoms with Gasteiger partial charge in [-0.3, -0.25) is 13.9 Å². The number of carbonyl (C=O) groups excluding carboxylic acids is 2. The summed E-state index contributed by atoms with van der Waals surface area (Å²) in [4.78, 5) is 28.7. The highest BCUT2D eigenvalue weighted by molar-refractivity contribution is 7.92. The lowest BCUT2D eigenvalue weighted by atomic mass is 10.0. The number of rotatable bonds is 12. The van der Waals surface area contributed by atoms with E-state index in [4.69, 9.17) is 0 Å². The second kappa shape index (κ2) is 13.9. The summed E-state index contributed by atoms with van der Waals surface area (Å²) in [5.41, 5.74) is 0.969. The lowest BCUT2D eigenvalue weighted by Crippen LogP contribution is -2.53. The van der Waals surface area contributed by atoms with Gasteiger partial charge in [-0.15, -0.1) is 0 Å². The number of anilines is 1. The van der Waals surface area contributed by atoms with Gasteiger partial charge in [0.2, 0.25) is 11.8 Å². The molecule has 0 saturated heterocycles. The zero-order valence-electron chi connectivity index (χ0n) is 23.0. The van der Waals surface area contributed by atoms with Crippen LogP contribution in [0.3, 0.4) is 0 Å². The Kier molecular flexibility index (Phi) is 10.0. The number of nitrogens with zero attached hydrogens (tertiary/aromatic N) is 2. The lowest BCUT2D eigenvalue weighted by Gasteiger charge is -2.33. The molecular formula is C32H31F2N3O4S. The summed E-state index contributed by atoms with van der Waals surface area (Å²) in [6.45, 7) is 1.02. The molecule has 0 aliphatic heterocycles. The Morgan fingerprint density at radius 3 is 2.02 bits per heavy atom. The smallest absolute Gasteiger partial charge is 0.264 e. The second-order valence-corrected chi connectivity index (χ2v) is 11.4. The molecule has 0 radical (unpaired) electrons. The maximum atomic E-state index is 14.8.